The smallest absolute Gasteiger partial charge is 0.128 e. The summed E-state index contributed by atoms with van der Waals surface area (Å²) in [5.41, 5.74) is 8.16. The van der Waals surface area contributed by atoms with E-state index in [0.717, 1.165) is 11.4 Å². The molecule has 2 aromatic heterocycles. The molecule has 2 N–H and O–H groups in total. The first-order valence-electron chi connectivity index (χ1n) is 5.82. The van der Waals surface area contributed by atoms with Crippen molar-refractivity contribution in [2.45, 2.75) is 6.92 Å². The van der Waals surface area contributed by atoms with E-state index in [1.165, 1.54) is 0 Å². The van der Waals surface area contributed by atoms with Crippen LogP contribution in [0.3, 0.4) is 0 Å². The van der Waals surface area contributed by atoms with Gasteiger partial charge in [0.2, 0.25) is 0 Å². The fourth-order valence-corrected chi connectivity index (χ4v) is 1.89. The first kappa shape index (κ1) is 11.3. The van der Waals surface area contributed by atoms with Gasteiger partial charge in [-0.15, -0.1) is 5.10 Å². The van der Waals surface area contributed by atoms with Crippen molar-refractivity contribution >= 4 is 5.82 Å². The van der Waals surface area contributed by atoms with E-state index in [-0.39, 0.29) is 0 Å². The van der Waals surface area contributed by atoms with Crippen LogP contribution >= 0.6 is 0 Å². The van der Waals surface area contributed by atoms with Gasteiger partial charge in [0, 0.05) is 6.07 Å². The monoisotopic (exact) mass is 252 g/mol. The van der Waals surface area contributed by atoms with Gasteiger partial charge in [-0.05, 0) is 19.1 Å². The van der Waals surface area contributed by atoms with Gasteiger partial charge in [-0.2, -0.15) is 0 Å². The number of para-hydroxylation sites is 1. The van der Waals surface area contributed by atoms with Gasteiger partial charge in [0.1, 0.15) is 17.3 Å². The molecule has 0 aliphatic heterocycles. The van der Waals surface area contributed by atoms with E-state index in [4.69, 9.17) is 5.73 Å². The Hall–Kier alpha value is -2.76. The number of nitrogens with zero attached hydrogens (tertiary/aromatic N) is 5. The van der Waals surface area contributed by atoms with E-state index >= 15 is 0 Å². The summed E-state index contributed by atoms with van der Waals surface area (Å²) in [6, 6.07) is 11.5. The highest BCUT2D eigenvalue weighted by molar-refractivity contribution is 5.59. The fraction of sp³-hybridized carbons (Fsp3) is 0.0769. The molecule has 3 rings (SSSR count). The predicted molar refractivity (Wildman–Crippen MR) is 71.5 cm³/mol. The second-order valence-corrected chi connectivity index (χ2v) is 4.09. The minimum Gasteiger partial charge on any atom is -0.384 e. The van der Waals surface area contributed by atoms with Crippen LogP contribution in [0.25, 0.3) is 17.1 Å². The van der Waals surface area contributed by atoms with E-state index < -0.39 is 0 Å². The first-order chi connectivity index (χ1) is 9.24. The van der Waals surface area contributed by atoms with Gasteiger partial charge in [0.15, 0.2) is 0 Å². The van der Waals surface area contributed by atoms with Crippen LogP contribution in [0, 0.1) is 6.92 Å². The number of rotatable bonds is 2. The van der Waals surface area contributed by atoms with E-state index in [9.17, 15) is 0 Å². The Morgan fingerprint density at radius 3 is 2.63 bits per heavy atom. The van der Waals surface area contributed by atoms with Crippen LogP contribution in [-0.2, 0) is 0 Å². The number of aryl methyl sites for hydroxylation is 1. The van der Waals surface area contributed by atoms with Gasteiger partial charge in [-0.1, -0.05) is 23.4 Å². The third kappa shape index (κ3) is 2.15. The molecular weight excluding hydrogens is 240 g/mol. The minimum absolute atomic E-state index is 0.434. The Kier molecular flexibility index (Phi) is 2.68. The molecule has 0 amide bonds. The predicted octanol–water partition coefficient (Wildman–Crippen LogP) is 1.61. The van der Waals surface area contributed by atoms with Gasteiger partial charge in [0.05, 0.1) is 17.6 Å². The van der Waals surface area contributed by atoms with Crippen LogP contribution in [0.5, 0.6) is 0 Å². The molecule has 0 spiro atoms. The number of hydrogen-bond donors (Lipinski definition) is 1. The Morgan fingerprint density at radius 2 is 1.89 bits per heavy atom. The molecule has 0 aliphatic carbocycles. The molecule has 94 valence electrons. The molecule has 6 nitrogen and oxygen atoms in total. The third-order valence-electron chi connectivity index (χ3n) is 2.67. The summed E-state index contributed by atoms with van der Waals surface area (Å²) in [5, 5.41) is 8.03. The number of anilines is 1. The number of hydrogen-bond acceptors (Lipinski definition) is 5. The lowest BCUT2D eigenvalue weighted by atomic mass is 10.2. The van der Waals surface area contributed by atoms with Gasteiger partial charge in [-0.25, -0.2) is 14.6 Å². The van der Waals surface area contributed by atoms with Crippen molar-refractivity contribution in [1.29, 1.82) is 0 Å². The van der Waals surface area contributed by atoms with Crippen molar-refractivity contribution in [3.63, 3.8) is 0 Å². The summed E-state index contributed by atoms with van der Waals surface area (Å²) >= 11 is 0. The van der Waals surface area contributed by atoms with E-state index in [1.807, 2.05) is 30.3 Å². The van der Waals surface area contributed by atoms with E-state index in [0.29, 0.717) is 17.3 Å². The van der Waals surface area contributed by atoms with Gasteiger partial charge in [-0.3, -0.25) is 0 Å². The van der Waals surface area contributed by atoms with Crippen molar-refractivity contribution in [3.8, 4) is 17.1 Å². The molecule has 0 radical (unpaired) electrons. The fourth-order valence-electron chi connectivity index (χ4n) is 1.89. The minimum atomic E-state index is 0.434. The molecule has 0 unspecified atom stereocenters. The summed E-state index contributed by atoms with van der Waals surface area (Å²) in [4.78, 5) is 8.43. The van der Waals surface area contributed by atoms with Crippen LogP contribution in [-0.4, -0.2) is 25.0 Å². The maximum absolute atomic E-state index is 5.75. The van der Waals surface area contributed by atoms with Crippen LogP contribution in [0.1, 0.15) is 5.82 Å². The highest BCUT2D eigenvalue weighted by atomic mass is 15.4. The van der Waals surface area contributed by atoms with Crippen LogP contribution in [0.15, 0.2) is 42.6 Å². The normalized spacial score (nSPS) is 10.6. The average Bonchev–Trinajstić information content (AvgIpc) is 2.88. The van der Waals surface area contributed by atoms with Crippen molar-refractivity contribution in [2.24, 2.45) is 0 Å². The van der Waals surface area contributed by atoms with Crippen molar-refractivity contribution in [2.75, 3.05) is 5.73 Å². The lowest BCUT2D eigenvalue weighted by molar-refractivity contribution is 0.805. The third-order valence-corrected chi connectivity index (χ3v) is 2.67. The maximum atomic E-state index is 5.75. The quantitative estimate of drug-likeness (QED) is 0.749. The lowest BCUT2D eigenvalue weighted by Gasteiger charge is -2.06. The second kappa shape index (κ2) is 4.49. The molecule has 0 saturated heterocycles. The van der Waals surface area contributed by atoms with Crippen molar-refractivity contribution < 1.29 is 0 Å². The molecular formula is C13H12N6. The number of benzene rings is 1. The molecule has 6 heteroatoms. The van der Waals surface area contributed by atoms with Crippen molar-refractivity contribution in [1.82, 2.24) is 25.0 Å². The van der Waals surface area contributed by atoms with Crippen LogP contribution in [0.2, 0.25) is 0 Å². The largest absolute Gasteiger partial charge is 0.384 e. The summed E-state index contributed by atoms with van der Waals surface area (Å²) in [7, 11) is 0. The molecule has 0 aliphatic rings. The topological polar surface area (TPSA) is 82.5 Å². The second-order valence-electron chi connectivity index (χ2n) is 4.09. The molecule has 0 bridgehead atoms. The molecule has 19 heavy (non-hydrogen) atoms. The Bertz CT molecular complexity index is 684. The Balaban J connectivity index is 2.15. The molecule has 0 atom stereocenters. The molecule has 1 aromatic carbocycles. The summed E-state index contributed by atoms with van der Waals surface area (Å²) in [6.07, 6.45) is 1.66. The molecule has 0 fully saturated rings. The molecule has 0 saturated carbocycles. The Morgan fingerprint density at radius 1 is 1.11 bits per heavy atom. The number of nitrogen functional groups attached to an aromatic ring is 1. The highest BCUT2D eigenvalue weighted by Crippen LogP contribution is 2.20. The zero-order valence-corrected chi connectivity index (χ0v) is 10.4. The average molecular weight is 252 g/mol. The highest BCUT2D eigenvalue weighted by Gasteiger charge is 2.11. The lowest BCUT2D eigenvalue weighted by Crippen LogP contribution is -2.02. The molecule has 2 heterocycles. The van der Waals surface area contributed by atoms with E-state index in [1.54, 1.807) is 23.9 Å². The van der Waals surface area contributed by atoms with Crippen LogP contribution < -0.4 is 5.73 Å². The standard InChI is InChI=1S/C13H12N6/c1-9-16-11(7-13(14)17-9)12-8-15-18-19(12)10-5-3-2-4-6-10/h2-8H,1H3,(H2,14,16,17). The zero-order valence-electron chi connectivity index (χ0n) is 10.4. The van der Waals surface area contributed by atoms with Gasteiger partial charge < -0.3 is 5.73 Å². The van der Waals surface area contributed by atoms with Crippen LogP contribution in [0.4, 0.5) is 5.82 Å². The van der Waals surface area contributed by atoms with E-state index in [2.05, 4.69) is 20.3 Å². The summed E-state index contributed by atoms with van der Waals surface area (Å²) in [6.45, 7) is 1.80. The summed E-state index contributed by atoms with van der Waals surface area (Å²) < 4.78 is 1.72. The molecule has 3 aromatic rings. The van der Waals surface area contributed by atoms with Crippen molar-refractivity contribution in [3.05, 3.63) is 48.4 Å². The number of nitrogens with two attached hydrogens (primary N) is 1. The maximum Gasteiger partial charge on any atom is 0.128 e. The van der Waals surface area contributed by atoms with Gasteiger partial charge >= 0.3 is 0 Å². The Labute approximate surface area is 109 Å². The van der Waals surface area contributed by atoms with Gasteiger partial charge in [0.25, 0.3) is 0 Å². The summed E-state index contributed by atoms with van der Waals surface area (Å²) in [5.74, 6) is 1.05. The zero-order chi connectivity index (χ0) is 13.2. The first-order valence-corrected chi connectivity index (χ1v) is 5.82. The number of aromatic nitrogens is 5. The SMILES string of the molecule is Cc1nc(N)cc(-c2cnnn2-c2ccccc2)n1.